The van der Waals surface area contributed by atoms with Gasteiger partial charge in [-0.2, -0.15) is 0 Å². The quantitative estimate of drug-likeness (QED) is 0.863. The smallest absolute Gasteiger partial charge is 0.258 e. The number of nitrogens with zero attached hydrogens (tertiary/aromatic N) is 2. The Labute approximate surface area is 143 Å². The number of anilines is 2. The van der Waals surface area contributed by atoms with Gasteiger partial charge < -0.3 is 14.5 Å². The number of fused-ring (bicyclic) bond motifs is 1. The summed E-state index contributed by atoms with van der Waals surface area (Å²) in [6.45, 7) is 5.16. The first-order valence-corrected chi connectivity index (χ1v) is 8.43. The van der Waals surface area contributed by atoms with Crippen LogP contribution in [0.15, 0.2) is 48.5 Å². The number of hydrogen-bond donors (Lipinski definition) is 0. The Morgan fingerprint density at radius 1 is 1.04 bits per heavy atom. The molecule has 1 amide bonds. The minimum absolute atomic E-state index is 0.0779. The van der Waals surface area contributed by atoms with Crippen molar-refractivity contribution >= 4 is 17.3 Å². The van der Waals surface area contributed by atoms with E-state index in [0.717, 1.165) is 48.6 Å². The summed E-state index contributed by atoms with van der Waals surface area (Å²) in [5.41, 5.74) is 3.88. The van der Waals surface area contributed by atoms with Crippen LogP contribution in [0.5, 0.6) is 0 Å². The van der Waals surface area contributed by atoms with Gasteiger partial charge >= 0.3 is 0 Å². The van der Waals surface area contributed by atoms with Crippen LogP contribution in [0.4, 0.5) is 11.4 Å². The summed E-state index contributed by atoms with van der Waals surface area (Å²) in [5, 5.41) is 0. The predicted octanol–water partition coefficient (Wildman–Crippen LogP) is 3.50. The predicted molar refractivity (Wildman–Crippen MR) is 98.0 cm³/mol. The van der Waals surface area contributed by atoms with Crippen LogP contribution in [0.2, 0.25) is 0 Å². The van der Waals surface area contributed by atoms with Gasteiger partial charge in [0.2, 0.25) is 0 Å². The first-order chi connectivity index (χ1) is 11.7. The molecule has 0 fully saturated rings. The lowest BCUT2D eigenvalue weighted by molar-refractivity contribution is 0.0986. The van der Waals surface area contributed by atoms with E-state index in [-0.39, 0.29) is 5.91 Å². The molecule has 0 saturated heterocycles. The van der Waals surface area contributed by atoms with Gasteiger partial charge in [0.25, 0.3) is 5.91 Å². The van der Waals surface area contributed by atoms with Crippen LogP contribution < -0.4 is 9.80 Å². The van der Waals surface area contributed by atoms with E-state index in [4.69, 9.17) is 4.74 Å². The van der Waals surface area contributed by atoms with Crippen molar-refractivity contribution in [3.63, 3.8) is 0 Å². The first kappa shape index (κ1) is 16.5. The highest BCUT2D eigenvalue weighted by Gasteiger charge is 2.25. The molecule has 126 valence electrons. The maximum atomic E-state index is 13.1. The molecule has 0 N–H and O–H groups in total. The van der Waals surface area contributed by atoms with Crippen molar-refractivity contribution in [2.24, 2.45) is 0 Å². The highest BCUT2D eigenvalue weighted by molar-refractivity contribution is 6.08. The molecular weight excluding hydrogens is 300 g/mol. The fourth-order valence-corrected chi connectivity index (χ4v) is 3.22. The topological polar surface area (TPSA) is 32.8 Å². The second kappa shape index (κ2) is 7.49. The summed E-state index contributed by atoms with van der Waals surface area (Å²) in [7, 11) is 1.72. The molecule has 0 atom stereocenters. The molecule has 0 saturated carbocycles. The van der Waals surface area contributed by atoms with Gasteiger partial charge in [0.1, 0.15) is 0 Å². The first-order valence-electron chi connectivity index (χ1n) is 8.43. The average Bonchev–Trinajstić information content (AvgIpc) is 2.79. The van der Waals surface area contributed by atoms with E-state index >= 15 is 0 Å². The van der Waals surface area contributed by atoms with Crippen molar-refractivity contribution in [1.82, 2.24) is 0 Å². The standard InChI is InChI=1S/C20H24N2O2/c1-16-8-3-4-9-17(16)20(23)22-13-7-12-21(14-15-24-2)18-10-5-6-11-19(18)22/h3-6,8-11H,7,12-15H2,1-2H3. The highest BCUT2D eigenvalue weighted by atomic mass is 16.5. The number of aryl methyl sites for hydroxylation is 1. The number of methoxy groups -OCH3 is 1. The normalized spacial score (nSPS) is 14.2. The number of carbonyl (C=O) groups excluding carboxylic acids is 1. The van der Waals surface area contributed by atoms with Gasteiger partial charge in [-0.05, 0) is 37.1 Å². The van der Waals surface area contributed by atoms with Gasteiger partial charge in [-0.25, -0.2) is 0 Å². The van der Waals surface area contributed by atoms with Crippen LogP contribution in [-0.4, -0.2) is 39.3 Å². The zero-order valence-corrected chi connectivity index (χ0v) is 14.4. The van der Waals surface area contributed by atoms with Crippen molar-refractivity contribution in [3.8, 4) is 0 Å². The Kier molecular flexibility index (Phi) is 5.16. The molecule has 0 aliphatic carbocycles. The van der Waals surface area contributed by atoms with E-state index in [2.05, 4.69) is 11.0 Å². The molecule has 4 nitrogen and oxygen atoms in total. The van der Waals surface area contributed by atoms with Gasteiger partial charge in [0.05, 0.1) is 18.0 Å². The van der Waals surface area contributed by atoms with Gasteiger partial charge in [0, 0.05) is 32.3 Å². The molecule has 4 heteroatoms. The number of para-hydroxylation sites is 2. The summed E-state index contributed by atoms with van der Waals surface area (Å²) < 4.78 is 5.24. The lowest BCUT2D eigenvalue weighted by Crippen LogP contribution is -2.32. The van der Waals surface area contributed by atoms with Crippen molar-refractivity contribution in [1.29, 1.82) is 0 Å². The summed E-state index contributed by atoms with van der Waals surface area (Å²) in [4.78, 5) is 17.4. The molecule has 3 rings (SSSR count). The lowest BCUT2D eigenvalue weighted by atomic mass is 10.1. The highest BCUT2D eigenvalue weighted by Crippen LogP contribution is 2.33. The third kappa shape index (κ3) is 3.29. The van der Waals surface area contributed by atoms with Crippen LogP contribution >= 0.6 is 0 Å². The van der Waals surface area contributed by atoms with Gasteiger partial charge in [-0.3, -0.25) is 4.79 Å². The summed E-state index contributed by atoms with van der Waals surface area (Å²) in [5.74, 6) is 0.0779. The van der Waals surface area contributed by atoms with Crippen LogP contribution in [0.1, 0.15) is 22.3 Å². The van der Waals surface area contributed by atoms with E-state index in [1.165, 1.54) is 0 Å². The Balaban J connectivity index is 1.96. The number of ether oxygens (including phenoxy) is 1. The van der Waals surface area contributed by atoms with Gasteiger partial charge in [-0.15, -0.1) is 0 Å². The zero-order valence-electron chi connectivity index (χ0n) is 14.4. The van der Waals surface area contributed by atoms with Gasteiger partial charge in [-0.1, -0.05) is 30.3 Å². The summed E-state index contributed by atoms with van der Waals surface area (Å²) >= 11 is 0. The second-order valence-electron chi connectivity index (χ2n) is 6.09. The third-order valence-corrected chi connectivity index (χ3v) is 4.51. The SMILES string of the molecule is COCCN1CCCN(C(=O)c2ccccc2C)c2ccccc21. The minimum Gasteiger partial charge on any atom is -0.383 e. The maximum Gasteiger partial charge on any atom is 0.258 e. The molecular formula is C20H24N2O2. The van der Waals surface area contributed by atoms with Crippen molar-refractivity contribution < 1.29 is 9.53 Å². The number of benzene rings is 2. The van der Waals surface area contributed by atoms with E-state index in [0.29, 0.717) is 6.61 Å². The Morgan fingerprint density at radius 2 is 1.75 bits per heavy atom. The Hall–Kier alpha value is -2.33. The molecule has 0 radical (unpaired) electrons. The molecule has 0 aromatic heterocycles. The number of amides is 1. The molecule has 1 heterocycles. The van der Waals surface area contributed by atoms with Crippen LogP contribution in [0.25, 0.3) is 0 Å². The molecule has 0 bridgehead atoms. The van der Waals surface area contributed by atoms with E-state index in [9.17, 15) is 4.79 Å². The zero-order chi connectivity index (χ0) is 16.9. The minimum atomic E-state index is 0.0779. The maximum absolute atomic E-state index is 13.1. The number of rotatable bonds is 4. The second-order valence-corrected chi connectivity index (χ2v) is 6.09. The summed E-state index contributed by atoms with van der Waals surface area (Å²) in [6.07, 6.45) is 0.940. The van der Waals surface area contributed by atoms with E-state index < -0.39 is 0 Å². The van der Waals surface area contributed by atoms with Crippen LogP contribution in [0.3, 0.4) is 0 Å². The fourth-order valence-electron chi connectivity index (χ4n) is 3.22. The van der Waals surface area contributed by atoms with Crippen LogP contribution in [-0.2, 0) is 4.74 Å². The average molecular weight is 324 g/mol. The van der Waals surface area contributed by atoms with Gasteiger partial charge in [0.15, 0.2) is 0 Å². The molecule has 1 aliphatic rings. The third-order valence-electron chi connectivity index (χ3n) is 4.51. The van der Waals surface area contributed by atoms with Crippen LogP contribution in [0, 0.1) is 6.92 Å². The molecule has 24 heavy (non-hydrogen) atoms. The Bertz CT molecular complexity index is 714. The van der Waals surface area contributed by atoms with Crippen molar-refractivity contribution in [2.75, 3.05) is 43.2 Å². The van der Waals surface area contributed by atoms with E-state index in [1.807, 2.05) is 54.3 Å². The van der Waals surface area contributed by atoms with E-state index in [1.54, 1.807) is 7.11 Å². The lowest BCUT2D eigenvalue weighted by Gasteiger charge is -2.27. The molecule has 1 aliphatic heterocycles. The molecule has 2 aromatic carbocycles. The monoisotopic (exact) mass is 324 g/mol. The molecule has 2 aromatic rings. The van der Waals surface area contributed by atoms with Crippen molar-refractivity contribution in [3.05, 3.63) is 59.7 Å². The number of carbonyl (C=O) groups is 1. The van der Waals surface area contributed by atoms with Crippen molar-refractivity contribution in [2.45, 2.75) is 13.3 Å². The number of hydrogen-bond acceptors (Lipinski definition) is 3. The molecule has 0 unspecified atom stereocenters. The largest absolute Gasteiger partial charge is 0.383 e. The Morgan fingerprint density at radius 3 is 2.50 bits per heavy atom. The fraction of sp³-hybridized carbons (Fsp3) is 0.350. The molecule has 0 spiro atoms. The summed E-state index contributed by atoms with van der Waals surface area (Å²) in [6, 6.07) is 15.9.